The molecule has 7 N–H and O–H groups in total. The number of aromatic nitrogens is 2. The first-order valence-corrected chi connectivity index (χ1v) is 4.46. The van der Waals surface area contributed by atoms with Crippen LogP contribution in [0.25, 0.3) is 0 Å². The van der Waals surface area contributed by atoms with E-state index in [-0.39, 0.29) is 11.7 Å². The number of hydrogen-bond acceptors (Lipinski definition) is 6. The zero-order valence-electron chi connectivity index (χ0n) is 8.54. The minimum atomic E-state index is 0.213. The monoisotopic (exact) mass is 219 g/mol. The molecule has 2 aromatic rings. The van der Waals surface area contributed by atoms with Crippen LogP contribution in [0.4, 0.5) is 17.5 Å². The van der Waals surface area contributed by atoms with Crippen LogP contribution in [0.15, 0.2) is 36.5 Å². The average molecular weight is 219 g/mol. The Hall–Kier alpha value is -2.50. The van der Waals surface area contributed by atoms with Crippen molar-refractivity contribution in [3.05, 3.63) is 36.5 Å². The number of aromatic hydroxyl groups is 1. The average Bonchev–Trinajstić information content (AvgIpc) is 2.17. The van der Waals surface area contributed by atoms with Gasteiger partial charge in [0.2, 0.25) is 5.95 Å². The molecule has 0 aliphatic rings. The van der Waals surface area contributed by atoms with Crippen LogP contribution < -0.4 is 17.2 Å². The van der Waals surface area contributed by atoms with Gasteiger partial charge in [0.05, 0.1) is 0 Å². The molecule has 0 amide bonds. The summed E-state index contributed by atoms with van der Waals surface area (Å²) in [5, 5.41) is 8.73. The quantitative estimate of drug-likeness (QED) is 0.481. The number of hydrogen-bond donors (Lipinski definition) is 4. The van der Waals surface area contributed by atoms with Gasteiger partial charge in [-0.3, -0.25) is 0 Å². The third-order valence-electron chi connectivity index (χ3n) is 1.57. The van der Waals surface area contributed by atoms with Crippen molar-refractivity contribution in [3.8, 4) is 5.75 Å². The number of anilines is 3. The molecule has 2 rings (SSSR count). The molecule has 0 fully saturated rings. The van der Waals surface area contributed by atoms with E-state index >= 15 is 0 Å². The van der Waals surface area contributed by atoms with Gasteiger partial charge in [0.1, 0.15) is 11.6 Å². The lowest BCUT2D eigenvalue weighted by molar-refractivity contribution is 0.475. The molecule has 0 bridgehead atoms. The standard InChI is InChI=1S/C6H7NO.C4H6N4/c7-5-2-1-3-6(8)4-5;5-3-1-2-7-4(6)8-3/h1-4,8H,7H2;1-2H,(H4,5,6,7,8). The molecule has 1 aromatic heterocycles. The summed E-state index contributed by atoms with van der Waals surface area (Å²) in [7, 11) is 0. The Kier molecular flexibility index (Phi) is 3.90. The summed E-state index contributed by atoms with van der Waals surface area (Å²) in [4.78, 5) is 7.24. The summed E-state index contributed by atoms with van der Waals surface area (Å²) in [6.07, 6.45) is 1.51. The van der Waals surface area contributed by atoms with Gasteiger partial charge in [-0.1, -0.05) is 6.07 Å². The van der Waals surface area contributed by atoms with Gasteiger partial charge in [-0.05, 0) is 18.2 Å². The van der Waals surface area contributed by atoms with E-state index in [2.05, 4.69) is 9.97 Å². The minimum Gasteiger partial charge on any atom is -0.508 e. The fourth-order valence-electron chi connectivity index (χ4n) is 0.913. The third-order valence-corrected chi connectivity index (χ3v) is 1.57. The number of nitrogens with two attached hydrogens (primary N) is 3. The number of rotatable bonds is 0. The van der Waals surface area contributed by atoms with Gasteiger partial charge in [0.15, 0.2) is 0 Å². The van der Waals surface area contributed by atoms with Crippen molar-refractivity contribution >= 4 is 17.5 Å². The Morgan fingerprint density at radius 3 is 2.19 bits per heavy atom. The molecule has 1 heterocycles. The lowest BCUT2D eigenvalue weighted by atomic mass is 10.3. The molecule has 0 atom stereocenters. The number of nitrogen functional groups attached to an aromatic ring is 3. The summed E-state index contributed by atoms with van der Waals surface area (Å²) < 4.78 is 0. The second kappa shape index (κ2) is 5.40. The molecule has 0 spiro atoms. The van der Waals surface area contributed by atoms with Gasteiger partial charge in [-0.25, -0.2) is 4.98 Å². The van der Waals surface area contributed by atoms with Crippen molar-refractivity contribution < 1.29 is 5.11 Å². The van der Waals surface area contributed by atoms with Crippen LogP contribution in [0.5, 0.6) is 5.75 Å². The second-order valence-corrected chi connectivity index (χ2v) is 2.93. The van der Waals surface area contributed by atoms with E-state index in [1.165, 1.54) is 12.3 Å². The predicted octanol–water partition coefficient (Wildman–Crippen LogP) is 0.615. The fourth-order valence-corrected chi connectivity index (χ4v) is 0.913. The molecule has 16 heavy (non-hydrogen) atoms. The largest absolute Gasteiger partial charge is 0.508 e. The Morgan fingerprint density at radius 2 is 1.81 bits per heavy atom. The zero-order valence-corrected chi connectivity index (χ0v) is 8.54. The maximum Gasteiger partial charge on any atom is 0.221 e. The number of phenols is 1. The van der Waals surface area contributed by atoms with Crippen molar-refractivity contribution in [1.29, 1.82) is 0 Å². The van der Waals surface area contributed by atoms with E-state index in [4.69, 9.17) is 22.3 Å². The summed E-state index contributed by atoms with van der Waals surface area (Å²) in [6, 6.07) is 8.08. The third kappa shape index (κ3) is 4.14. The second-order valence-electron chi connectivity index (χ2n) is 2.93. The van der Waals surface area contributed by atoms with E-state index in [1.54, 1.807) is 24.3 Å². The molecular weight excluding hydrogens is 206 g/mol. The van der Waals surface area contributed by atoms with Crippen molar-refractivity contribution in [2.45, 2.75) is 0 Å². The molecule has 0 saturated heterocycles. The number of phenolic OH excluding ortho intramolecular Hbond substituents is 1. The van der Waals surface area contributed by atoms with Gasteiger partial charge in [0.25, 0.3) is 0 Å². The van der Waals surface area contributed by atoms with E-state index in [1.807, 2.05) is 0 Å². The van der Waals surface area contributed by atoms with Crippen LogP contribution in [0, 0.1) is 0 Å². The molecule has 0 aliphatic heterocycles. The topological polar surface area (TPSA) is 124 Å². The summed E-state index contributed by atoms with van der Waals surface area (Å²) in [5.74, 6) is 0.826. The fraction of sp³-hybridized carbons (Fsp3) is 0. The highest BCUT2D eigenvalue weighted by Gasteiger charge is 1.85. The van der Waals surface area contributed by atoms with Crippen LogP contribution >= 0.6 is 0 Å². The van der Waals surface area contributed by atoms with Gasteiger partial charge < -0.3 is 22.3 Å². The van der Waals surface area contributed by atoms with Crippen LogP contribution in [0.3, 0.4) is 0 Å². The molecule has 0 saturated carbocycles. The van der Waals surface area contributed by atoms with E-state index in [0.717, 1.165) is 0 Å². The first-order chi connectivity index (χ1) is 7.58. The zero-order chi connectivity index (χ0) is 12.0. The molecule has 0 unspecified atom stereocenters. The maximum absolute atomic E-state index is 8.73. The van der Waals surface area contributed by atoms with Crippen molar-refractivity contribution in [3.63, 3.8) is 0 Å². The SMILES string of the molecule is Nc1cccc(O)c1.Nc1ccnc(N)n1. The molecule has 6 heteroatoms. The Labute approximate surface area is 92.7 Å². The Morgan fingerprint density at radius 1 is 1.06 bits per heavy atom. The Balaban J connectivity index is 0.000000160. The van der Waals surface area contributed by atoms with Crippen LogP contribution in [0.2, 0.25) is 0 Å². The van der Waals surface area contributed by atoms with Crippen molar-refractivity contribution in [2.24, 2.45) is 0 Å². The summed E-state index contributed by atoms with van der Waals surface area (Å²) >= 11 is 0. The number of benzene rings is 1. The normalized spacial score (nSPS) is 9.00. The van der Waals surface area contributed by atoms with Gasteiger partial charge in [0, 0.05) is 18.0 Å². The predicted molar refractivity (Wildman–Crippen MR) is 63.4 cm³/mol. The van der Waals surface area contributed by atoms with Crippen molar-refractivity contribution in [1.82, 2.24) is 9.97 Å². The molecule has 0 aliphatic carbocycles. The van der Waals surface area contributed by atoms with Crippen molar-refractivity contribution in [2.75, 3.05) is 17.2 Å². The highest BCUT2D eigenvalue weighted by atomic mass is 16.3. The smallest absolute Gasteiger partial charge is 0.221 e. The van der Waals surface area contributed by atoms with E-state index in [0.29, 0.717) is 11.5 Å². The lowest BCUT2D eigenvalue weighted by Gasteiger charge is -1.90. The molecule has 1 aromatic carbocycles. The molecule has 84 valence electrons. The number of nitrogens with zero attached hydrogens (tertiary/aromatic N) is 2. The highest BCUT2D eigenvalue weighted by Crippen LogP contribution is 2.10. The minimum absolute atomic E-state index is 0.213. The lowest BCUT2D eigenvalue weighted by Crippen LogP contribution is -1.96. The van der Waals surface area contributed by atoms with Crippen LogP contribution in [0.1, 0.15) is 0 Å². The first-order valence-electron chi connectivity index (χ1n) is 4.46. The van der Waals surface area contributed by atoms with Crippen LogP contribution in [-0.2, 0) is 0 Å². The summed E-state index contributed by atoms with van der Waals surface area (Å²) in [6.45, 7) is 0. The van der Waals surface area contributed by atoms with Gasteiger partial charge in [-0.15, -0.1) is 0 Å². The van der Waals surface area contributed by atoms with Gasteiger partial charge in [-0.2, -0.15) is 4.98 Å². The molecule has 0 radical (unpaired) electrons. The molecular formula is C10H13N5O. The molecule has 6 nitrogen and oxygen atoms in total. The van der Waals surface area contributed by atoms with E-state index in [9.17, 15) is 0 Å². The first kappa shape index (κ1) is 11.6. The van der Waals surface area contributed by atoms with Crippen LogP contribution in [-0.4, -0.2) is 15.1 Å². The maximum atomic E-state index is 8.73. The summed E-state index contributed by atoms with van der Waals surface area (Å²) in [5.41, 5.74) is 16.3. The highest BCUT2D eigenvalue weighted by molar-refractivity contribution is 5.42. The van der Waals surface area contributed by atoms with E-state index < -0.39 is 0 Å². The van der Waals surface area contributed by atoms with Gasteiger partial charge >= 0.3 is 0 Å². The Bertz CT molecular complexity index is 382.